The van der Waals surface area contributed by atoms with Gasteiger partial charge in [-0.2, -0.15) is 0 Å². The summed E-state index contributed by atoms with van der Waals surface area (Å²) in [7, 11) is 0. The van der Waals surface area contributed by atoms with E-state index < -0.39 is 0 Å². The Kier molecular flexibility index (Phi) is 9.09. The molecule has 0 unspecified atom stereocenters. The third-order valence-corrected chi connectivity index (χ3v) is 6.59. The molecular formula is C23H40. The van der Waals surface area contributed by atoms with E-state index in [0.717, 1.165) is 23.7 Å². The van der Waals surface area contributed by atoms with Crippen molar-refractivity contribution in [3.8, 4) is 0 Å². The predicted octanol–water partition coefficient (Wildman–Crippen LogP) is 7.70. The number of allylic oxidation sites excluding steroid dienone is 4. The predicted molar refractivity (Wildman–Crippen MR) is 104 cm³/mol. The van der Waals surface area contributed by atoms with Gasteiger partial charge in [-0.25, -0.2) is 0 Å². The van der Waals surface area contributed by atoms with Gasteiger partial charge in [0, 0.05) is 0 Å². The number of rotatable bonds is 8. The monoisotopic (exact) mass is 316 g/mol. The van der Waals surface area contributed by atoms with Crippen LogP contribution in [0, 0.1) is 23.7 Å². The van der Waals surface area contributed by atoms with Crippen molar-refractivity contribution in [2.24, 2.45) is 23.7 Å². The van der Waals surface area contributed by atoms with Crippen molar-refractivity contribution >= 4 is 0 Å². The lowest BCUT2D eigenvalue weighted by atomic mass is 9.78. The highest BCUT2D eigenvalue weighted by atomic mass is 14.3. The maximum absolute atomic E-state index is 2.52. The highest BCUT2D eigenvalue weighted by molar-refractivity contribution is 4.89. The lowest BCUT2D eigenvalue weighted by Crippen LogP contribution is -2.14. The van der Waals surface area contributed by atoms with Gasteiger partial charge in [-0.3, -0.25) is 0 Å². The average Bonchev–Trinajstić information content (AvgIpc) is 2.61. The Balaban J connectivity index is 1.53. The Labute approximate surface area is 145 Å². The molecule has 0 nitrogen and oxygen atoms in total. The fourth-order valence-electron chi connectivity index (χ4n) is 4.71. The van der Waals surface area contributed by atoms with Crippen molar-refractivity contribution in [2.45, 2.75) is 97.3 Å². The summed E-state index contributed by atoms with van der Waals surface area (Å²) in [4.78, 5) is 0. The van der Waals surface area contributed by atoms with Crippen LogP contribution >= 0.6 is 0 Å². The normalized spacial score (nSPS) is 32.8. The van der Waals surface area contributed by atoms with Crippen LogP contribution in [0.4, 0.5) is 0 Å². The third-order valence-electron chi connectivity index (χ3n) is 6.59. The van der Waals surface area contributed by atoms with Crippen LogP contribution in [0.2, 0.25) is 0 Å². The summed E-state index contributed by atoms with van der Waals surface area (Å²) < 4.78 is 0. The van der Waals surface area contributed by atoms with Crippen molar-refractivity contribution in [3.05, 3.63) is 24.3 Å². The third kappa shape index (κ3) is 7.27. The molecule has 2 aliphatic carbocycles. The summed E-state index contributed by atoms with van der Waals surface area (Å²) in [6.07, 6.45) is 28.3. The second-order valence-electron chi connectivity index (χ2n) is 8.27. The van der Waals surface area contributed by atoms with Crippen LogP contribution in [0.3, 0.4) is 0 Å². The summed E-state index contributed by atoms with van der Waals surface area (Å²) in [6.45, 7) is 4.50. The van der Waals surface area contributed by atoms with Gasteiger partial charge < -0.3 is 0 Å². The summed E-state index contributed by atoms with van der Waals surface area (Å²) in [6, 6.07) is 0. The molecule has 2 fully saturated rings. The average molecular weight is 317 g/mol. The molecule has 0 heteroatoms. The summed E-state index contributed by atoms with van der Waals surface area (Å²) in [5.41, 5.74) is 0. The Morgan fingerprint density at radius 3 is 1.61 bits per heavy atom. The van der Waals surface area contributed by atoms with E-state index in [2.05, 4.69) is 38.2 Å². The van der Waals surface area contributed by atoms with Gasteiger partial charge in [0.15, 0.2) is 0 Å². The minimum Gasteiger partial charge on any atom is -0.0917 e. The first kappa shape index (κ1) is 18.8. The summed E-state index contributed by atoms with van der Waals surface area (Å²) in [5.74, 6) is 4.04. The fraction of sp³-hybridized carbons (Fsp3) is 0.826. The molecule has 0 spiro atoms. The zero-order valence-corrected chi connectivity index (χ0v) is 15.8. The lowest BCUT2D eigenvalue weighted by Gasteiger charge is -2.28. The smallest absolute Gasteiger partial charge is 0.0322 e. The molecule has 0 heterocycles. The van der Waals surface area contributed by atoms with E-state index in [1.807, 2.05) is 0 Å². The first-order valence-electron chi connectivity index (χ1n) is 10.6. The maximum atomic E-state index is 2.52. The quantitative estimate of drug-likeness (QED) is 0.402. The van der Waals surface area contributed by atoms with Gasteiger partial charge in [0.05, 0.1) is 0 Å². The summed E-state index contributed by atoms with van der Waals surface area (Å²) >= 11 is 0. The van der Waals surface area contributed by atoms with Gasteiger partial charge in [0.1, 0.15) is 0 Å². The lowest BCUT2D eigenvalue weighted by molar-refractivity contribution is 0.264. The van der Waals surface area contributed by atoms with Crippen LogP contribution in [-0.2, 0) is 0 Å². The molecule has 0 aliphatic heterocycles. The molecule has 2 rings (SSSR count). The largest absolute Gasteiger partial charge is 0.0917 e. The number of hydrogen-bond acceptors (Lipinski definition) is 0. The molecule has 2 saturated carbocycles. The van der Waals surface area contributed by atoms with Crippen molar-refractivity contribution in [3.63, 3.8) is 0 Å². The van der Waals surface area contributed by atoms with Crippen LogP contribution in [0.5, 0.6) is 0 Å². The zero-order chi connectivity index (χ0) is 16.3. The molecule has 0 aromatic rings. The van der Waals surface area contributed by atoms with Gasteiger partial charge in [0.2, 0.25) is 0 Å². The van der Waals surface area contributed by atoms with E-state index >= 15 is 0 Å². The van der Waals surface area contributed by atoms with Crippen LogP contribution in [-0.4, -0.2) is 0 Å². The van der Waals surface area contributed by atoms with E-state index in [-0.39, 0.29) is 0 Å². The molecule has 0 N–H and O–H groups in total. The first-order chi connectivity index (χ1) is 11.3. The van der Waals surface area contributed by atoms with E-state index in [1.54, 1.807) is 0 Å². The molecule has 0 aromatic carbocycles. The molecule has 0 saturated heterocycles. The first-order valence-corrected chi connectivity index (χ1v) is 10.6. The minimum atomic E-state index is 0.986. The van der Waals surface area contributed by atoms with Crippen LogP contribution < -0.4 is 0 Å². The van der Waals surface area contributed by atoms with Gasteiger partial charge in [0.25, 0.3) is 0 Å². The maximum Gasteiger partial charge on any atom is -0.0322 e. The van der Waals surface area contributed by atoms with Crippen LogP contribution in [0.15, 0.2) is 24.3 Å². The molecule has 132 valence electrons. The summed E-state index contributed by atoms with van der Waals surface area (Å²) in [5, 5.41) is 0. The molecule has 23 heavy (non-hydrogen) atoms. The second kappa shape index (κ2) is 11.1. The van der Waals surface area contributed by atoms with Gasteiger partial charge >= 0.3 is 0 Å². The molecule has 0 aromatic heterocycles. The molecule has 0 bridgehead atoms. The van der Waals surface area contributed by atoms with E-state index in [9.17, 15) is 0 Å². The topological polar surface area (TPSA) is 0 Å². The van der Waals surface area contributed by atoms with Crippen LogP contribution in [0.25, 0.3) is 0 Å². The molecular weight excluding hydrogens is 276 g/mol. The van der Waals surface area contributed by atoms with Gasteiger partial charge in [-0.05, 0) is 82.0 Å². The Morgan fingerprint density at radius 1 is 0.652 bits per heavy atom. The highest BCUT2D eigenvalue weighted by Gasteiger charge is 2.20. The minimum absolute atomic E-state index is 0.986. The Bertz CT molecular complexity index is 335. The van der Waals surface area contributed by atoms with E-state index in [4.69, 9.17) is 0 Å². The Morgan fingerprint density at radius 2 is 1.13 bits per heavy atom. The van der Waals surface area contributed by atoms with E-state index in [1.165, 1.54) is 83.5 Å². The van der Waals surface area contributed by atoms with Crippen molar-refractivity contribution in [2.75, 3.05) is 0 Å². The van der Waals surface area contributed by atoms with Crippen molar-refractivity contribution in [1.29, 1.82) is 0 Å². The standard InChI is InChI=1S/C23H40/c1-3-5-6-9-21-16-18-23(19-17-21)11-8-7-10-22-14-12-20(4-2)13-15-22/h3,5,7-8,20-23H,4,6,9-19H2,1-2H3/b5-3+,8-7-/t20-,21-,22-,23-. The SMILES string of the molecule is C/C=C/CC[C@H]1CC[C@H](C/C=C\C[C@H]2CC[C@H](CC)CC2)CC1. The second-order valence-corrected chi connectivity index (χ2v) is 8.27. The molecule has 0 amide bonds. The molecule has 0 radical (unpaired) electrons. The van der Waals surface area contributed by atoms with Crippen molar-refractivity contribution in [1.82, 2.24) is 0 Å². The van der Waals surface area contributed by atoms with Crippen molar-refractivity contribution < 1.29 is 0 Å². The zero-order valence-electron chi connectivity index (χ0n) is 15.8. The van der Waals surface area contributed by atoms with Crippen LogP contribution in [0.1, 0.15) is 97.3 Å². The van der Waals surface area contributed by atoms with E-state index in [0.29, 0.717) is 0 Å². The molecule has 2 aliphatic rings. The highest BCUT2D eigenvalue weighted by Crippen LogP contribution is 2.34. The Hall–Kier alpha value is -0.520. The number of hydrogen-bond donors (Lipinski definition) is 0. The fourth-order valence-corrected chi connectivity index (χ4v) is 4.71. The van der Waals surface area contributed by atoms with Gasteiger partial charge in [-0.1, -0.05) is 63.3 Å². The molecule has 0 atom stereocenters. The van der Waals surface area contributed by atoms with Gasteiger partial charge in [-0.15, -0.1) is 0 Å².